The molecule has 2 aromatic carbocycles. The highest BCUT2D eigenvalue weighted by atomic mass is 35.5. The molecule has 0 amide bonds. The van der Waals surface area contributed by atoms with Crippen LogP contribution < -0.4 is 4.74 Å². The van der Waals surface area contributed by atoms with Gasteiger partial charge in [0.2, 0.25) is 0 Å². The number of nitrogens with zero attached hydrogens (tertiary/aromatic N) is 1. The Morgan fingerprint density at radius 1 is 1.16 bits per heavy atom. The second-order valence-corrected chi connectivity index (χ2v) is 4.57. The summed E-state index contributed by atoms with van der Waals surface area (Å²) in [5.74, 6) is 0.833. The zero-order valence-corrected chi connectivity index (χ0v) is 11.1. The zero-order valence-electron chi connectivity index (χ0n) is 9.60. The number of benzene rings is 2. The quantitative estimate of drug-likeness (QED) is 0.599. The molecule has 0 bridgehead atoms. The van der Waals surface area contributed by atoms with E-state index in [4.69, 9.17) is 27.9 Å². The van der Waals surface area contributed by atoms with Crippen molar-refractivity contribution in [3.63, 3.8) is 0 Å². The molecule has 0 N–H and O–H groups in total. The first-order valence-electron chi connectivity index (χ1n) is 5.20. The van der Waals surface area contributed by atoms with Crippen LogP contribution >= 0.6 is 23.2 Å². The van der Waals surface area contributed by atoms with E-state index in [0.717, 1.165) is 0 Å². The molecule has 0 saturated heterocycles. The van der Waals surface area contributed by atoms with Gasteiger partial charge in [0.15, 0.2) is 0 Å². The van der Waals surface area contributed by atoms with Crippen LogP contribution in [0.2, 0.25) is 10.0 Å². The van der Waals surface area contributed by atoms with Crippen molar-refractivity contribution in [2.45, 2.75) is 0 Å². The summed E-state index contributed by atoms with van der Waals surface area (Å²) in [5.41, 5.74) is 0.210. The molecule has 2 rings (SSSR count). The van der Waals surface area contributed by atoms with Crippen molar-refractivity contribution in [2.75, 3.05) is 0 Å². The van der Waals surface area contributed by atoms with Crippen molar-refractivity contribution < 1.29 is 9.66 Å². The molecule has 0 aliphatic carbocycles. The molecule has 0 spiro atoms. The van der Waals surface area contributed by atoms with Gasteiger partial charge >= 0.3 is 0 Å². The number of nitro benzene ring substituents is 1. The summed E-state index contributed by atoms with van der Waals surface area (Å²) in [6.45, 7) is 3.60. The van der Waals surface area contributed by atoms with Gasteiger partial charge < -0.3 is 4.74 Å². The maximum absolute atomic E-state index is 10.7. The van der Waals surface area contributed by atoms with Gasteiger partial charge in [0.1, 0.15) is 11.5 Å². The highest BCUT2D eigenvalue weighted by Crippen LogP contribution is 2.33. The Morgan fingerprint density at radius 3 is 2.47 bits per heavy atom. The second-order valence-electron chi connectivity index (χ2n) is 3.72. The van der Waals surface area contributed by atoms with E-state index in [1.165, 1.54) is 18.2 Å². The molecule has 2 aromatic rings. The Morgan fingerprint density at radius 2 is 1.89 bits per heavy atom. The summed E-state index contributed by atoms with van der Waals surface area (Å²) in [6, 6.07) is 9.10. The fourth-order valence-corrected chi connectivity index (χ4v) is 1.94. The summed E-state index contributed by atoms with van der Waals surface area (Å²) in [5, 5.41) is 11.5. The molecule has 97 valence electrons. The van der Waals surface area contributed by atoms with Crippen LogP contribution in [0.15, 0.2) is 36.4 Å². The normalized spacial score (nSPS) is 10.3. The average molecular weight is 297 g/mol. The van der Waals surface area contributed by atoms with E-state index in [-0.39, 0.29) is 11.3 Å². The number of rotatable bonds is 3. The van der Waals surface area contributed by atoms with Gasteiger partial charge in [-0.3, -0.25) is 10.1 Å². The summed E-state index contributed by atoms with van der Waals surface area (Å²) >= 11 is 11.7. The first-order valence-corrected chi connectivity index (χ1v) is 5.96. The molecular formula is C13H8Cl2NO3. The van der Waals surface area contributed by atoms with Crippen LogP contribution in [0.25, 0.3) is 0 Å². The predicted octanol–water partition coefficient (Wildman–Crippen LogP) is 4.88. The van der Waals surface area contributed by atoms with Crippen molar-refractivity contribution >= 4 is 28.9 Å². The molecule has 0 atom stereocenters. The summed E-state index contributed by atoms with van der Waals surface area (Å²) in [4.78, 5) is 10.2. The maximum Gasteiger partial charge on any atom is 0.272 e. The molecule has 0 aliphatic rings. The molecular weight excluding hydrogens is 289 g/mol. The van der Waals surface area contributed by atoms with Crippen molar-refractivity contribution in [1.29, 1.82) is 0 Å². The highest BCUT2D eigenvalue weighted by molar-refractivity contribution is 6.35. The number of halogens is 2. The van der Waals surface area contributed by atoms with Crippen LogP contribution in [-0.4, -0.2) is 4.92 Å². The first-order chi connectivity index (χ1) is 8.97. The van der Waals surface area contributed by atoms with Crippen LogP contribution in [0.5, 0.6) is 11.5 Å². The van der Waals surface area contributed by atoms with Crippen LogP contribution in [0.4, 0.5) is 5.69 Å². The fraction of sp³-hybridized carbons (Fsp3) is 0. The van der Waals surface area contributed by atoms with Gasteiger partial charge in [0.05, 0.1) is 9.95 Å². The molecule has 0 aromatic heterocycles. The minimum Gasteiger partial charge on any atom is -0.456 e. The van der Waals surface area contributed by atoms with Crippen molar-refractivity contribution in [1.82, 2.24) is 0 Å². The fourth-order valence-electron chi connectivity index (χ4n) is 1.49. The smallest absolute Gasteiger partial charge is 0.272 e. The first kappa shape index (κ1) is 13.6. The third-order valence-corrected chi connectivity index (χ3v) is 2.90. The van der Waals surface area contributed by atoms with E-state index in [0.29, 0.717) is 21.5 Å². The largest absolute Gasteiger partial charge is 0.456 e. The van der Waals surface area contributed by atoms with Gasteiger partial charge in [-0.15, -0.1) is 0 Å². The molecule has 0 aliphatic heterocycles. The van der Waals surface area contributed by atoms with Crippen LogP contribution in [-0.2, 0) is 0 Å². The topological polar surface area (TPSA) is 52.4 Å². The minimum absolute atomic E-state index is 0.0606. The highest BCUT2D eigenvalue weighted by Gasteiger charge is 2.12. The van der Waals surface area contributed by atoms with Gasteiger partial charge in [0, 0.05) is 16.7 Å². The molecule has 0 fully saturated rings. The minimum atomic E-state index is -0.499. The van der Waals surface area contributed by atoms with Crippen LogP contribution in [0.1, 0.15) is 5.56 Å². The van der Waals surface area contributed by atoms with Gasteiger partial charge in [-0.25, -0.2) is 0 Å². The van der Waals surface area contributed by atoms with Gasteiger partial charge in [-0.05, 0) is 37.3 Å². The van der Waals surface area contributed by atoms with E-state index < -0.39 is 4.92 Å². The lowest BCUT2D eigenvalue weighted by Crippen LogP contribution is -1.92. The number of ether oxygens (including phenoxy) is 1. The number of hydrogen-bond acceptors (Lipinski definition) is 3. The van der Waals surface area contributed by atoms with Crippen molar-refractivity contribution in [3.8, 4) is 11.5 Å². The van der Waals surface area contributed by atoms with Crippen molar-refractivity contribution in [2.24, 2.45) is 0 Å². The summed E-state index contributed by atoms with van der Waals surface area (Å²) < 4.78 is 5.53. The predicted molar refractivity (Wildman–Crippen MR) is 74.1 cm³/mol. The lowest BCUT2D eigenvalue weighted by Gasteiger charge is -2.08. The van der Waals surface area contributed by atoms with E-state index in [2.05, 4.69) is 6.92 Å². The van der Waals surface area contributed by atoms with Crippen LogP contribution in [0.3, 0.4) is 0 Å². The van der Waals surface area contributed by atoms with Gasteiger partial charge in [-0.2, -0.15) is 0 Å². The van der Waals surface area contributed by atoms with Gasteiger partial charge in [-0.1, -0.05) is 23.2 Å². The third-order valence-electron chi connectivity index (χ3n) is 2.37. The van der Waals surface area contributed by atoms with Gasteiger partial charge in [0.25, 0.3) is 5.69 Å². The lowest BCUT2D eigenvalue weighted by atomic mass is 10.2. The maximum atomic E-state index is 10.7. The number of nitro groups is 1. The monoisotopic (exact) mass is 296 g/mol. The molecule has 19 heavy (non-hydrogen) atoms. The van der Waals surface area contributed by atoms with E-state index in [1.807, 2.05) is 0 Å². The van der Waals surface area contributed by atoms with E-state index in [9.17, 15) is 10.1 Å². The second kappa shape index (κ2) is 5.47. The van der Waals surface area contributed by atoms with E-state index >= 15 is 0 Å². The Kier molecular flexibility index (Phi) is 3.93. The molecule has 0 saturated carbocycles. The Labute approximate surface area is 119 Å². The molecule has 6 heteroatoms. The standard InChI is InChI=1S/C13H8Cl2NO3/c1-8-6-10(3-4-12(8)16(17)18)19-13-5-2-9(14)7-11(13)15/h2-7H,1H2. The van der Waals surface area contributed by atoms with Crippen LogP contribution in [0, 0.1) is 17.0 Å². The Hall–Kier alpha value is -1.78. The number of hydrogen-bond donors (Lipinski definition) is 0. The summed E-state index contributed by atoms with van der Waals surface area (Å²) in [7, 11) is 0. The Balaban J connectivity index is 2.29. The SMILES string of the molecule is [CH2]c1cc(Oc2ccc(Cl)cc2Cl)ccc1[N+](=O)[O-]. The third kappa shape index (κ3) is 3.16. The summed E-state index contributed by atoms with van der Waals surface area (Å²) in [6.07, 6.45) is 0. The zero-order chi connectivity index (χ0) is 14.0. The molecule has 1 radical (unpaired) electrons. The average Bonchev–Trinajstić information content (AvgIpc) is 2.32. The Bertz CT molecular complexity index is 644. The molecule has 4 nitrogen and oxygen atoms in total. The lowest BCUT2D eigenvalue weighted by molar-refractivity contribution is -0.385. The van der Waals surface area contributed by atoms with E-state index in [1.54, 1.807) is 18.2 Å². The molecule has 0 heterocycles. The molecule has 0 unspecified atom stereocenters. The van der Waals surface area contributed by atoms with Crippen molar-refractivity contribution in [3.05, 3.63) is 69.0 Å².